The van der Waals surface area contributed by atoms with Crippen LogP contribution in [0.2, 0.25) is 0 Å². The van der Waals surface area contributed by atoms with Gasteiger partial charge in [-0.2, -0.15) is 0 Å². The zero-order valence-corrected chi connectivity index (χ0v) is 10.5. The van der Waals surface area contributed by atoms with Crippen LogP contribution < -0.4 is 0 Å². The first kappa shape index (κ1) is 10.6. The van der Waals surface area contributed by atoms with Gasteiger partial charge in [-0.15, -0.1) is 0 Å². The first-order valence-electron chi connectivity index (χ1n) is 4.07. The Labute approximate surface area is 102 Å². The van der Waals surface area contributed by atoms with Crippen LogP contribution in [-0.4, -0.2) is 16.1 Å². The minimum Gasteiger partial charge on any atom is -0.477 e. The zero-order valence-electron chi connectivity index (χ0n) is 7.37. The van der Waals surface area contributed by atoms with E-state index in [0.29, 0.717) is 5.52 Å². The molecule has 0 atom stereocenters. The maximum absolute atomic E-state index is 10.8. The molecular formula is C10H5Br2NO2. The summed E-state index contributed by atoms with van der Waals surface area (Å²) < 4.78 is 1.67. The van der Waals surface area contributed by atoms with E-state index in [0.717, 1.165) is 14.3 Å². The number of fused-ring (bicyclic) bond motifs is 1. The van der Waals surface area contributed by atoms with Crippen molar-refractivity contribution in [3.8, 4) is 0 Å². The van der Waals surface area contributed by atoms with Crippen molar-refractivity contribution in [3.63, 3.8) is 0 Å². The number of hydrogen-bond donors (Lipinski definition) is 1. The normalized spacial score (nSPS) is 10.5. The Balaban J connectivity index is 2.81. The number of carbonyl (C=O) groups is 1. The van der Waals surface area contributed by atoms with Crippen LogP contribution in [0, 0.1) is 0 Å². The summed E-state index contributed by atoms with van der Waals surface area (Å²) in [5.74, 6) is -1.02. The molecule has 3 nitrogen and oxygen atoms in total. The zero-order chi connectivity index (χ0) is 11.0. The summed E-state index contributed by atoms with van der Waals surface area (Å²) in [6.07, 6.45) is 0. The molecule has 0 amide bonds. The molecule has 5 heteroatoms. The molecule has 0 aliphatic carbocycles. The van der Waals surface area contributed by atoms with Gasteiger partial charge in [-0.1, -0.05) is 15.9 Å². The second-order valence-electron chi connectivity index (χ2n) is 2.93. The number of benzene rings is 1. The largest absolute Gasteiger partial charge is 0.477 e. The number of aromatic carboxylic acids is 1. The monoisotopic (exact) mass is 329 g/mol. The second-order valence-corrected chi connectivity index (χ2v) is 4.64. The van der Waals surface area contributed by atoms with Gasteiger partial charge in [0.05, 0.1) is 5.52 Å². The van der Waals surface area contributed by atoms with Gasteiger partial charge in [-0.25, -0.2) is 9.78 Å². The minimum absolute atomic E-state index is 0.0429. The molecule has 0 saturated carbocycles. The van der Waals surface area contributed by atoms with E-state index in [2.05, 4.69) is 36.8 Å². The molecule has 0 bridgehead atoms. The number of nitrogens with zero attached hydrogens (tertiary/aromatic N) is 1. The van der Waals surface area contributed by atoms with Crippen molar-refractivity contribution >= 4 is 48.7 Å². The Kier molecular flexibility index (Phi) is 2.75. The quantitative estimate of drug-likeness (QED) is 0.871. The van der Waals surface area contributed by atoms with Crippen LogP contribution >= 0.6 is 31.9 Å². The number of rotatable bonds is 1. The van der Waals surface area contributed by atoms with E-state index >= 15 is 0 Å². The molecule has 0 spiro atoms. The lowest BCUT2D eigenvalue weighted by Crippen LogP contribution is -2.00. The molecule has 15 heavy (non-hydrogen) atoms. The third kappa shape index (κ3) is 1.89. The molecule has 0 aliphatic rings. The topological polar surface area (TPSA) is 50.2 Å². The highest BCUT2D eigenvalue weighted by atomic mass is 79.9. The molecule has 76 valence electrons. The summed E-state index contributed by atoms with van der Waals surface area (Å²) in [5.41, 5.74) is 0.686. The van der Waals surface area contributed by atoms with Crippen LogP contribution in [0.25, 0.3) is 10.9 Å². The Morgan fingerprint density at radius 2 is 1.80 bits per heavy atom. The number of aromatic nitrogens is 1. The van der Waals surface area contributed by atoms with E-state index in [-0.39, 0.29) is 5.69 Å². The number of hydrogen-bond acceptors (Lipinski definition) is 2. The first-order chi connectivity index (χ1) is 7.09. The van der Waals surface area contributed by atoms with Crippen LogP contribution in [0.15, 0.2) is 33.2 Å². The third-order valence-corrected chi connectivity index (χ3v) is 3.31. The summed E-state index contributed by atoms with van der Waals surface area (Å²) in [7, 11) is 0. The van der Waals surface area contributed by atoms with Gasteiger partial charge in [0.2, 0.25) is 0 Å². The molecule has 2 rings (SSSR count). The predicted molar refractivity (Wildman–Crippen MR) is 64.1 cm³/mol. The molecule has 1 aromatic heterocycles. The maximum Gasteiger partial charge on any atom is 0.354 e. The molecule has 0 unspecified atom stereocenters. The third-order valence-electron chi connectivity index (χ3n) is 1.97. The molecule has 1 heterocycles. The summed E-state index contributed by atoms with van der Waals surface area (Å²) in [6.45, 7) is 0. The fourth-order valence-corrected chi connectivity index (χ4v) is 2.15. The molecule has 0 fully saturated rings. The van der Waals surface area contributed by atoms with E-state index in [4.69, 9.17) is 5.11 Å². The number of carboxylic acid groups (broad SMARTS) is 1. The number of carboxylic acids is 1. The standard InChI is InChI=1S/C10H5Br2NO2/c11-6-2-3-7(12)9-5(6)1-4-8(13-9)10(14)15/h1-4H,(H,14,15). The average Bonchev–Trinajstić information content (AvgIpc) is 2.23. The van der Waals surface area contributed by atoms with E-state index in [9.17, 15) is 4.79 Å². The van der Waals surface area contributed by atoms with Crippen LogP contribution in [0.1, 0.15) is 10.5 Å². The van der Waals surface area contributed by atoms with E-state index in [1.54, 1.807) is 6.07 Å². The van der Waals surface area contributed by atoms with Crippen LogP contribution in [0.5, 0.6) is 0 Å². The van der Waals surface area contributed by atoms with Gasteiger partial charge in [0.15, 0.2) is 0 Å². The van der Waals surface area contributed by atoms with E-state index < -0.39 is 5.97 Å². The lowest BCUT2D eigenvalue weighted by molar-refractivity contribution is 0.0691. The van der Waals surface area contributed by atoms with E-state index in [1.807, 2.05) is 12.1 Å². The van der Waals surface area contributed by atoms with Crippen molar-refractivity contribution in [1.29, 1.82) is 0 Å². The Bertz CT molecular complexity index is 554. The molecule has 1 N–H and O–H groups in total. The van der Waals surface area contributed by atoms with Crippen LogP contribution in [0.3, 0.4) is 0 Å². The second kappa shape index (κ2) is 3.90. The highest BCUT2D eigenvalue weighted by Gasteiger charge is 2.09. The predicted octanol–water partition coefficient (Wildman–Crippen LogP) is 3.46. The SMILES string of the molecule is O=C(O)c1ccc2c(Br)ccc(Br)c2n1. The minimum atomic E-state index is -1.02. The lowest BCUT2D eigenvalue weighted by atomic mass is 10.2. The van der Waals surface area contributed by atoms with Crippen LogP contribution in [0.4, 0.5) is 0 Å². The van der Waals surface area contributed by atoms with Crippen molar-refractivity contribution in [2.75, 3.05) is 0 Å². The van der Waals surface area contributed by atoms with Crippen LogP contribution in [-0.2, 0) is 0 Å². The lowest BCUT2D eigenvalue weighted by Gasteiger charge is -2.03. The van der Waals surface area contributed by atoms with Crippen molar-refractivity contribution in [2.45, 2.75) is 0 Å². The molecule has 2 aromatic rings. The Morgan fingerprint density at radius 1 is 1.13 bits per heavy atom. The van der Waals surface area contributed by atoms with Crippen molar-refractivity contribution in [1.82, 2.24) is 4.98 Å². The van der Waals surface area contributed by atoms with Gasteiger partial charge >= 0.3 is 5.97 Å². The van der Waals surface area contributed by atoms with Gasteiger partial charge in [-0.3, -0.25) is 0 Å². The van der Waals surface area contributed by atoms with Crippen molar-refractivity contribution in [3.05, 3.63) is 38.9 Å². The molecule has 0 saturated heterocycles. The molecule has 0 radical (unpaired) electrons. The number of halogens is 2. The Morgan fingerprint density at radius 3 is 2.47 bits per heavy atom. The van der Waals surface area contributed by atoms with E-state index in [1.165, 1.54) is 6.07 Å². The fourth-order valence-electron chi connectivity index (χ4n) is 1.27. The fraction of sp³-hybridized carbons (Fsp3) is 0. The van der Waals surface area contributed by atoms with Gasteiger partial charge < -0.3 is 5.11 Å². The summed E-state index contributed by atoms with van der Waals surface area (Å²) in [5, 5.41) is 9.70. The first-order valence-corrected chi connectivity index (χ1v) is 5.66. The number of pyridine rings is 1. The smallest absolute Gasteiger partial charge is 0.354 e. The molecule has 1 aromatic carbocycles. The maximum atomic E-state index is 10.8. The van der Waals surface area contributed by atoms with Gasteiger partial charge in [-0.05, 0) is 40.2 Å². The average molecular weight is 331 g/mol. The highest BCUT2D eigenvalue weighted by Crippen LogP contribution is 2.28. The van der Waals surface area contributed by atoms with Gasteiger partial charge in [0.1, 0.15) is 5.69 Å². The summed E-state index contributed by atoms with van der Waals surface area (Å²) >= 11 is 6.72. The van der Waals surface area contributed by atoms with Gasteiger partial charge in [0, 0.05) is 14.3 Å². The molecular weight excluding hydrogens is 326 g/mol. The highest BCUT2D eigenvalue weighted by molar-refractivity contribution is 9.11. The Hall–Kier alpha value is -0.940. The van der Waals surface area contributed by atoms with Crippen molar-refractivity contribution in [2.24, 2.45) is 0 Å². The van der Waals surface area contributed by atoms with Crippen molar-refractivity contribution < 1.29 is 9.90 Å². The molecule has 0 aliphatic heterocycles. The summed E-state index contributed by atoms with van der Waals surface area (Å²) in [4.78, 5) is 14.8. The summed E-state index contributed by atoms with van der Waals surface area (Å²) in [6, 6.07) is 6.93. The van der Waals surface area contributed by atoms with Gasteiger partial charge in [0.25, 0.3) is 0 Å².